The topological polar surface area (TPSA) is 75.6 Å². The Labute approximate surface area is 123 Å². The Morgan fingerprint density at radius 2 is 2.25 bits per heavy atom. The van der Waals surface area contributed by atoms with Gasteiger partial charge in [0, 0.05) is 12.2 Å². The molecule has 1 amide bonds. The van der Waals surface area contributed by atoms with Crippen LogP contribution in [0.15, 0.2) is 22.7 Å². The highest BCUT2D eigenvalue weighted by atomic mass is 79.9. The molecule has 2 rings (SSSR count). The molecule has 1 aliphatic heterocycles. The van der Waals surface area contributed by atoms with Crippen molar-refractivity contribution in [2.45, 2.75) is 18.4 Å². The van der Waals surface area contributed by atoms with Crippen LogP contribution in [0.3, 0.4) is 0 Å². The molecule has 1 unspecified atom stereocenters. The molecule has 0 saturated carbocycles. The molecule has 20 heavy (non-hydrogen) atoms. The lowest BCUT2D eigenvalue weighted by Gasteiger charge is -2.27. The summed E-state index contributed by atoms with van der Waals surface area (Å²) in [6, 6.07) is 4.00. The van der Waals surface area contributed by atoms with Gasteiger partial charge in [-0.05, 0) is 40.5 Å². The molecule has 0 radical (unpaired) electrons. The Morgan fingerprint density at radius 1 is 1.50 bits per heavy atom. The number of hydrogen-bond acceptors (Lipinski definition) is 3. The molecule has 0 spiro atoms. The van der Waals surface area contributed by atoms with E-state index in [2.05, 4.69) is 21.2 Å². The molecular weight excluding hydrogens is 333 g/mol. The summed E-state index contributed by atoms with van der Waals surface area (Å²) < 4.78 is 18.9. The zero-order chi connectivity index (χ0) is 14.8. The number of carboxylic acid groups (broad SMARTS) is 1. The van der Waals surface area contributed by atoms with E-state index < -0.39 is 23.2 Å². The first kappa shape index (κ1) is 14.9. The molecule has 2 N–H and O–H groups in total. The Morgan fingerprint density at radius 3 is 2.80 bits per heavy atom. The zero-order valence-corrected chi connectivity index (χ0v) is 12.1. The maximum atomic E-state index is 13.4. The number of carboxylic acids is 1. The van der Waals surface area contributed by atoms with E-state index in [1.807, 2.05) is 0 Å². The average molecular weight is 346 g/mol. The van der Waals surface area contributed by atoms with E-state index in [1.54, 1.807) is 0 Å². The second kappa shape index (κ2) is 5.88. The number of halogens is 2. The molecule has 7 heteroatoms. The van der Waals surface area contributed by atoms with Crippen LogP contribution in [-0.4, -0.2) is 35.7 Å². The van der Waals surface area contributed by atoms with Gasteiger partial charge in [0.15, 0.2) is 0 Å². The number of benzene rings is 1. The van der Waals surface area contributed by atoms with Gasteiger partial charge in [-0.25, -0.2) is 4.39 Å². The van der Waals surface area contributed by atoms with Gasteiger partial charge in [0.1, 0.15) is 5.82 Å². The van der Waals surface area contributed by atoms with E-state index in [4.69, 9.17) is 9.84 Å². The molecule has 1 aromatic rings. The van der Waals surface area contributed by atoms with E-state index >= 15 is 0 Å². The van der Waals surface area contributed by atoms with Gasteiger partial charge >= 0.3 is 5.97 Å². The average Bonchev–Trinajstić information content (AvgIpc) is 2.79. The zero-order valence-electron chi connectivity index (χ0n) is 10.5. The standard InChI is InChI=1S/C13H13BrFNO4/c14-9-2-1-8(5-10(9)15)12(19)16-13(6-11(17)18)3-4-20-7-13/h1-2,5H,3-4,6-7H2,(H,16,19)(H,17,18). The fraction of sp³-hybridized carbons (Fsp3) is 0.385. The predicted molar refractivity (Wildman–Crippen MR) is 72.0 cm³/mol. The SMILES string of the molecule is O=C(O)CC1(NC(=O)c2ccc(Br)c(F)c2)CCOC1. The van der Waals surface area contributed by atoms with Crippen molar-refractivity contribution < 1.29 is 23.8 Å². The first-order valence-electron chi connectivity index (χ1n) is 5.99. The van der Waals surface area contributed by atoms with Crippen molar-refractivity contribution in [1.82, 2.24) is 5.32 Å². The van der Waals surface area contributed by atoms with Crippen LogP contribution >= 0.6 is 15.9 Å². The van der Waals surface area contributed by atoms with Gasteiger partial charge in [-0.1, -0.05) is 0 Å². The van der Waals surface area contributed by atoms with Gasteiger partial charge in [-0.15, -0.1) is 0 Å². The fourth-order valence-corrected chi connectivity index (χ4v) is 2.38. The minimum absolute atomic E-state index is 0.141. The van der Waals surface area contributed by atoms with Gasteiger partial charge in [0.25, 0.3) is 5.91 Å². The number of carbonyl (C=O) groups excluding carboxylic acids is 1. The van der Waals surface area contributed by atoms with Crippen LogP contribution in [0.2, 0.25) is 0 Å². The normalized spacial score (nSPS) is 21.7. The number of amides is 1. The molecule has 108 valence electrons. The Bertz CT molecular complexity index is 543. The van der Waals surface area contributed by atoms with E-state index in [0.29, 0.717) is 13.0 Å². The van der Waals surface area contributed by atoms with Gasteiger partial charge in [0.2, 0.25) is 0 Å². The van der Waals surface area contributed by atoms with E-state index in [-0.39, 0.29) is 23.1 Å². The van der Waals surface area contributed by atoms with Crippen LogP contribution in [0.25, 0.3) is 0 Å². The highest BCUT2D eigenvalue weighted by Crippen LogP contribution is 2.24. The third-order valence-electron chi connectivity index (χ3n) is 3.15. The van der Waals surface area contributed by atoms with E-state index in [1.165, 1.54) is 12.1 Å². The molecule has 1 atom stereocenters. The first-order valence-corrected chi connectivity index (χ1v) is 6.78. The van der Waals surface area contributed by atoms with Gasteiger partial charge in [0.05, 0.1) is 23.0 Å². The van der Waals surface area contributed by atoms with E-state index in [9.17, 15) is 14.0 Å². The number of carbonyl (C=O) groups is 2. The molecule has 1 aliphatic rings. The Kier molecular flexibility index (Phi) is 4.39. The number of nitrogens with one attached hydrogen (secondary N) is 1. The van der Waals surface area contributed by atoms with Crippen molar-refractivity contribution in [3.8, 4) is 0 Å². The second-order valence-electron chi connectivity index (χ2n) is 4.74. The summed E-state index contributed by atoms with van der Waals surface area (Å²) in [5, 5.41) is 11.6. The van der Waals surface area contributed by atoms with Crippen molar-refractivity contribution in [3.05, 3.63) is 34.1 Å². The number of hydrogen-bond donors (Lipinski definition) is 2. The molecule has 0 aliphatic carbocycles. The minimum Gasteiger partial charge on any atom is -0.481 e. The van der Waals surface area contributed by atoms with Crippen molar-refractivity contribution in [3.63, 3.8) is 0 Å². The maximum Gasteiger partial charge on any atom is 0.305 e. The number of ether oxygens (including phenoxy) is 1. The number of aliphatic carboxylic acids is 1. The lowest BCUT2D eigenvalue weighted by atomic mass is 9.93. The Balaban J connectivity index is 2.16. The molecule has 1 heterocycles. The molecule has 0 bridgehead atoms. The van der Waals surface area contributed by atoms with Gasteiger partial charge < -0.3 is 15.2 Å². The minimum atomic E-state index is -1.02. The summed E-state index contributed by atoms with van der Waals surface area (Å²) in [4.78, 5) is 23.0. The highest BCUT2D eigenvalue weighted by molar-refractivity contribution is 9.10. The van der Waals surface area contributed by atoms with Crippen LogP contribution in [-0.2, 0) is 9.53 Å². The quantitative estimate of drug-likeness (QED) is 0.874. The summed E-state index contributed by atoms with van der Waals surface area (Å²) in [6.45, 7) is 0.534. The Hall–Kier alpha value is -1.47. The highest BCUT2D eigenvalue weighted by Gasteiger charge is 2.38. The summed E-state index contributed by atoms with van der Waals surface area (Å²) in [6.07, 6.45) is 0.196. The van der Waals surface area contributed by atoms with Crippen LogP contribution < -0.4 is 5.32 Å². The second-order valence-corrected chi connectivity index (χ2v) is 5.59. The molecule has 1 aromatic carbocycles. The van der Waals surface area contributed by atoms with E-state index in [0.717, 1.165) is 6.07 Å². The lowest BCUT2D eigenvalue weighted by molar-refractivity contribution is -0.138. The third kappa shape index (κ3) is 3.34. The van der Waals surface area contributed by atoms with Crippen molar-refractivity contribution in [2.75, 3.05) is 13.2 Å². The molecule has 1 fully saturated rings. The van der Waals surface area contributed by atoms with Gasteiger partial charge in [-0.2, -0.15) is 0 Å². The molecule has 1 saturated heterocycles. The summed E-state index contributed by atoms with van der Waals surface area (Å²) in [5.41, 5.74) is -0.783. The smallest absolute Gasteiger partial charge is 0.305 e. The van der Waals surface area contributed by atoms with Crippen LogP contribution in [0.5, 0.6) is 0 Å². The van der Waals surface area contributed by atoms with Crippen LogP contribution in [0.4, 0.5) is 4.39 Å². The van der Waals surface area contributed by atoms with Crippen molar-refractivity contribution in [2.24, 2.45) is 0 Å². The third-order valence-corrected chi connectivity index (χ3v) is 3.80. The predicted octanol–water partition coefficient (Wildman–Crippen LogP) is 1.95. The summed E-state index contributed by atoms with van der Waals surface area (Å²) >= 11 is 3.01. The summed E-state index contributed by atoms with van der Waals surface area (Å²) in [7, 11) is 0. The van der Waals surface area contributed by atoms with Gasteiger partial charge in [-0.3, -0.25) is 9.59 Å². The molecule has 0 aromatic heterocycles. The van der Waals surface area contributed by atoms with Crippen molar-refractivity contribution >= 4 is 27.8 Å². The summed E-state index contributed by atoms with van der Waals surface area (Å²) in [5.74, 6) is -2.08. The maximum absolute atomic E-state index is 13.4. The lowest BCUT2D eigenvalue weighted by Crippen LogP contribution is -2.50. The largest absolute Gasteiger partial charge is 0.481 e. The first-order chi connectivity index (χ1) is 9.42. The number of rotatable bonds is 4. The fourth-order valence-electron chi connectivity index (χ4n) is 2.13. The van der Waals surface area contributed by atoms with Crippen molar-refractivity contribution in [1.29, 1.82) is 0 Å². The van der Waals surface area contributed by atoms with Crippen LogP contribution in [0, 0.1) is 5.82 Å². The molecule has 5 nitrogen and oxygen atoms in total. The van der Waals surface area contributed by atoms with Crippen LogP contribution in [0.1, 0.15) is 23.2 Å². The monoisotopic (exact) mass is 345 g/mol. The molecular formula is C13H13BrFNO4.